The van der Waals surface area contributed by atoms with Crippen molar-refractivity contribution in [3.8, 4) is 0 Å². The summed E-state index contributed by atoms with van der Waals surface area (Å²) in [6.45, 7) is 3.29. The van der Waals surface area contributed by atoms with Gasteiger partial charge in [0.05, 0.1) is 12.5 Å². The normalized spacial score (nSPS) is 9.73. The van der Waals surface area contributed by atoms with Crippen LogP contribution in [0.1, 0.15) is 21.5 Å². The number of nitrogens with one attached hydrogen (secondary N) is 1. The van der Waals surface area contributed by atoms with Gasteiger partial charge in [-0.25, -0.2) is 0 Å². The van der Waals surface area contributed by atoms with E-state index in [1.165, 1.54) is 0 Å². The van der Waals surface area contributed by atoms with Gasteiger partial charge in [-0.05, 0) is 26.0 Å². The van der Waals surface area contributed by atoms with Crippen LogP contribution >= 0.6 is 0 Å². The summed E-state index contributed by atoms with van der Waals surface area (Å²) in [4.78, 5) is 21.6. The maximum absolute atomic E-state index is 11.5. The van der Waals surface area contributed by atoms with Crippen molar-refractivity contribution >= 4 is 11.9 Å². The van der Waals surface area contributed by atoms with Gasteiger partial charge in [0.1, 0.15) is 0 Å². The number of rotatable bonds is 3. The minimum absolute atomic E-state index is 0.397. The van der Waals surface area contributed by atoms with Crippen molar-refractivity contribution in [2.45, 2.75) is 13.8 Å². The molecule has 0 spiro atoms. The molecule has 0 atom stereocenters. The molecule has 0 saturated heterocycles. The summed E-state index contributed by atoms with van der Waals surface area (Å²) < 4.78 is 0. The molecule has 0 fully saturated rings. The molecule has 15 heavy (non-hydrogen) atoms. The molecule has 0 aromatic heterocycles. The van der Waals surface area contributed by atoms with Gasteiger partial charge in [0.25, 0.3) is 5.91 Å². The second-order valence-electron chi connectivity index (χ2n) is 3.43. The van der Waals surface area contributed by atoms with E-state index < -0.39 is 18.4 Å². The summed E-state index contributed by atoms with van der Waals surface area (Å²) in [5, 5.41) is 12.4. The third-order valence-corrected chi connectivity index (χ3v) is 1.88. The van der Waals surface area contributed by atoms with Crippen LogP contribution in [0.3, 0.4) is 0 Å². The Morgan fingerprint density at radius 2 is 1.73 bits per heavy atom. The average molecular weight is 206 g/mol. The molecule has 0 unspecified atom stereocenters. The lowest BCUT2D eigenvalue weighted by atomic mass is 10.1. The third kappa shape index (κ3) is 3.42. The Kier molecular flexibility index (Phi) is 3.44. The van der Waals surface area contributed by atoms with Crippen molar-refractivity contribution in [3.05, 3.63) is 34.9 Å². The van der Waals surface area contributed by atoms with Gasteiger partial charge in [-0.3, -0.25) is 4.79 Å². The molecule has 0 saturated carbocycles. The van der Waals surface area contributed by atoms with E-state index in [0.717, 1.165) is 11.1 Å². The van der Waals surface area contributed by atoms with Crippen molar-refractivity contribution < 1.29 is 14.7 Å². The maximum atomic E-state index is 11.5. The summed E-state index contributed by atoms with van der Waals surface area (Å²) >= 11 is 0. The van der Waals surface area contributed by atoms with Crippen molar-refractivity contribution in [3.63, 3.8) is 0 Å². The first-order valence-corrected chi connectivity index (χ1v) is 4.55. The average Bonchev–Trinajstić information content (AvgIpc) is 2.12. The fraction of sp³-hybridized carbons (Fsp3) is 0.273. The van der Waals surface area contributed by atoms with E-state index >= 15 is 0 Å². The molecule has 0 aliphatic rings. The van der Waals surface area contributed by atoms with E-state index in [2.05, 4.69) is 5.32 Å². The number of hydrogen-bond acceptors (Lipinski definition) is 3. The molecule has 0 heterocycles. The number of carbonyl (C=O) groups excluding carboxylic acids is 2. The second-order valence-corrected chi connectivity index (χ2v) is 3.43. The monoisotopic (exact) mass is 206 g/mol. The van der Waals surface area contributed by atoms with E-state index in [-0.39, 0.29) is 0 Å². The number of hydrogen-bond donors (Lipinski definition) is 1. The number of carboxylic acids is 1. The number of aryl methyl sites for hydroxylation is 2. The standard InChI is InChI=1S/C11H13NO3/c1-7-3-8(2)5-9(4-7)11(15)12-6-10(13)14/h3-5H,6H2,1-2H3,(H,12,15)(H,13,14)/p-1. The Morgan fingerprint density at radius 3 is 2.20 bits per heavy atom. The van der Waals surface area contributed by atoms with Gasteiger partial charge in [-0.15, -0.1) is 0 Å². The van der Waals surface area contributed by atoms with Gasteiger partial charge < -0.3 is 15.2 Å². The fourth-order valence-corrected chi connectivity index (χ4v) is 1.36. The molecule has 0 aliphatic carbocycles. The Balaban J connectivity index is 2.77. The van der Waals surface area contributed by atoms with Gasteiger partial charge in [0.2, 0.25) is 0 Å². The Hall–Kier alpha value is -1.84. The molecule has 1 rings (SSSR count). The van der Waals surface area contributed by atoms with E-state index in [0.29, 0.717) is 5.56 Å². The van der Waals surface area contributed by atoms with Crippen LogP contribution in [-0.2, 0) is 4.79 Å². The molecular weight excluding hydrogens is 194 g/mol. The number of amides is 1. The minimum Gasteiger partial charge on any atom is -0.548 e. The minimum atomic E-state index is -1.30. The number of carbonyl (C=O) groups is 2. The summed E-state index contributed by atoms with van der Waals surface area (Å²) in [7, 11) is 0. The fourth-order valence-electron chi connectivity index (χ4n) is 1.36. The zero-order valence-electron chi connectivity index (χ0n) is 8.66. The molecule has 0 bridgehead atoms. The Morgan fingerprint density at radius 1 is 1.20 bits per heavy atom. The SMILES string of the molecule is Cc1cc(C)cc(C(=O)NCC(=O)[O-])c1. The summed E-state index contributed by atoms with van der Waals surface area (Å²) in [5.74, 6) is -1.70. The summed E-state index contributed by atoms with van der Waals surface area (Å²) in [6, 6.07) is 5.35. The zero-order chi connectivity index (χ0) is 11.4. The molecule has 1 aromatic rings. The number of benzene rings is 1. The van der Waals surface area contributed by atoms with Crippen molar-refractivity contribution in [1.82, 2.24) is 5.32 Å². The van der Waals surface area contributed by atoms with E-state index in [1.54, 1.807) is 12.1 Å². The van der Waals surface area contributed by atoms with Gasteiger partial charge in [0.15, 0.2) is 0 Å². The van der Waals surface area contributed by atoms with E-state index in [1.807, 2.05) is 19.9 Å². The molecule has 0 aliphatic heterocycles. The molecule has 1 aromatic carbocycles. The first-order chi connectivity index (χ1) is 6.99. The highest BCUT2D eigenvalue weighted by atomic mass is 16.4. The summed E-state index contributed by atoms with van der Waals surface area (Å²) in [6.07, 6.45) is 0. The van der Waals surface area contributed by atoms with Crippen LogP contribution in [0.5, 0.6) is 0 Å². The summed E-state index contributed by atoms with van der Waals surface area (Å²) in [5.41, 5.74) is 2.40. The highest BCUT2D eigenvalue weighted by Gasteiger charge is 2.05. The smallest absolute Gasteiger partial charge is 0.251 e. The van der Waals surface area contributed by atoms with Crippen LogP contribution in [0, 0.1) is 13.8 Å². The first kappa shape index (κ1) is 11.2. The van der Waals surface area contributed by atoms with Crippen LogP contribution < -0.4 is 10.4 Å². The lowest BCUT2D eigenvalue weighted by molar-refractivity contribution is -0.303. The van der Waals surface area contributed by atoms with Crippen LogP contribution in [-0.4, -0.2) is 18.4 Å². The lowest BCUT2D eigenvalue weighted by Crippen LogP contribution is -2.37. The number of aliphatic carboxylic acids is 1. The van der Waals surface area contributed by atoms with Crippen molar-refractivity contribution in [2.24, 2.45) is 0 Å². The lowest BCUT2D eigenvalue weighted by Gasteiger charge is -2.07. The third-order valence-electron chi connectivity index (χ3n) is 1.88. The predicted octanol–water partition coefficient (Wildman–Crippen LogP) is -0.217. The van der Waals surface area contributed by atoms with Crippen LogP contribution in [0.2, 0.25) is 0 Å². The van der Waals surface area contributed by atoms with Gasteiger partial charge in [-0.1, -0.05) is 17.2 Å². The topological polar surface area (TPSA) is 69.2 Å². The van der Waals surface area contributed by atoms with Crippen molar-refractivity contribution in [2.75, 3.05) is 6.54 Å². The van der Waals surface area contributed by atoms with E-state index in [9.17, 15) is 14.7 Å². The molecule has 0 radical (unpaired) electrons. The maximum Gasteiger partial charge on any atom is 0.251 e. The Labute approximate surface area is 87.9 Å². The molecular formula is C11H12NO3-. The molecule has 1 amide bonds. The quantitative estimate of drug-likeness (QED) is 0.743. The number of carboxylic acid groups (broad SMARTS) is 1. The first-order valence-electron chi connectivity index (χ1n) is 4.55. The molecule has 4 heteroatoms. The highest BCUT2D eigenvalue weighted by molar-refractivity contribution is 5.95. The predicted molar refractivity (Wildman–Crippen MR) is 53.3 cm³/mol. The largest absolute Gasteiger partial charge is 0.548 e. The molecule has 1 N–H and O–H groups in total. The van der Waals surface area contributed by atoms with Gasteiger partial charge in [0, 0.05) is 5.56 Å². The second kappa shape index (κ2) is 4.59. The van der Waals surface area contributed by atoms with Gasteiger partial charge in [-0.2, -0.15) is 0 Å². The molecule has 4 nitrogen and oxygen atoms in total. The van der Waals surface area contributed by atoms with Gasteiger partial charge >= 0.3 is 0 Å². The zero-order valence-corrected chi connectivity index (χ0v) is 8.66. The van der Waals surface area contributed by atoms with Crippen LogP contribution in [0.25, 0.3) is 0 Å². The van der Waals surface area contributed by atoms with Crippen molar-refractivity contribution in [1.29, 1.82) is 0 Å². The molecule has 80 valence electrons. The van der Waals surface area contributed by atoms with Crippen LogP contribution in [0.15, 0.2) is 18.2 Å². The van der Waals surface area contributed by atoms with E-state index in [4.69, 9.17) is 0 Å². The van der Waals surface area contributed by atoms with Crippen LogP contribution in [0.4, 0.5) is 0 Å². The highest BCUT2D eigenvalue weighted by Crippen LogP contribution is 2.08. The Bertz CT molecular complexity index is 379.